The Morgan fingerprint density at radius 2 is 1.68 bits per heavy atom. The molecule has 0 fully saturated rings. The highest BCUT2D eigenvalue weighted by atomic mass is 19.4. The molecule has 10 heteroatoms. The molecule has 0 radical (unpaired) electrons. The van der Waals surface area contributed by atoms with E-state index >= 15 is 0 Å². The zero-order valence-electron chi connectivity index (χ0n) is 19.9. The Balaban J connectivity index is 1.31. The predicted octanol–water partition coefficient (Wildman–Crippen LogP) is 6.28. The van der Waals surface area contributed by atoms with Gasteiger partial charge in [0.1, 0.15) is 18.1 Å². The summed E-state index contributed by atoms with van der Waals surface area (Å²) in [5, 5.41) is 0. The Labute approximate surface area is 215 Å². The highest BCUT2D eigenvalue weighted by Gasteiger charge is 2.31. The van der Waals surface area contributed by atoms with Gasteiger partial charge in [0.2, 0.25) is 0 Å². The number of hydrogen-bond acceptors (Lipinski definition) is 5. The number of amides is 1. The van der Waals surface area contributed by atoms with Crippen molar-refractivity contribution in [3.63, 3.8) is 0 Å². The average molecular weight is 518 g/mol. The van der Waals surface area contributed by atoms with Gasteiger partial charge < -0.3 is 19.4 Å². The zero-order valence-corrected chi connectivity index (χ0v) is 19.9. The van der Waals surface area contributed by atoms with Crippen molar-refractivity contribution in [3.05, 3.63) is 114 Å². The van der Waals surface area contributed by atoms with Crippen molar-refractivity contribution < 1.29 is 27.4 Å². The molecule has 1 amide bonds. The Morgan fingerprint density at radius 1 is 0.921 bits per heavy atom. The number of aromatic amines is 1. The lowest BCUT2D eigenvalue weighted by Gasteiger charge is -2.23. The minimum Gasteiger partial charge on any atom is -0.489 e. The number of rotatable bonds is 8. The molecule has 0 aliphatic carbocycles. The Bertz CT molecular complexity index is 1520. The van der Waals surface area contributed by atoms with Crippen LogP contribution in [0.1, 0.15) is 21.5 Å². The number of anilines is 1. The van der Waals surface area contributed by atoms with E-state index in [1.807, 2.05) is 18.2 Å². The molecule has 0 aliphatic heterocycles. The second kappa shape index (κ2) is 10.6. The van der Waals surface area contributed by atoms with Crippen LogP contribution >= 0.6 is 0 Å². The van der Waals surface area contributed by atoms with Crippen LogP contribution in [0.25, 0.3) is 11.0 Å². The van der Waals surface area contributed by atoms with E-state index in [0.29, 0.717) is 34.6 Å². The molecule has 5 rings (SSSR count). The second-order valence-electron chi connectivity index (χ2n) is 8.36. The van der Waals surface area contributed by atoms with E-state index in [2.05, 4.69) is 19.7 Å². The average Bonchev–Trinajstić information content (AvgIpc) is 3.39. The molecule has 0 saturated carbocycles. The Kier molecular flexibility index (Phi) is 6.94. The molecule has 0 bridgehead atoms. The fourth-order valence-corrected chi connectivity index (χ4v) is 3.85. The smallest absolute Gasteiger partial charge is 0.489 e. The normalized spacial score (nSPS) is 11.3. The van der Waals surface area contributed by atoms with Crippen LogP contribution in [-0.4, -0.2) is 27.2 Å². The molecule has 7 nitrogen and oxygen atoms in total. The lowest BCUT2D eigenvalue weighted by atomic mass is 10.1. The molecule has 192 valence electrons. The largest absolute Gasteiger partial charge is 0.573 e. The zero-order chi connectivity index (χ0) is 26.5. The van der Waals surface area contributed by atoms with Crippen molar-refractivity contribution in [2.75, 3.05) is 4.90 Å². The molecule has 5 aromatic rings. The topological polar surface area (TPSA) is 80.3 Å². The maximum Gasteiger partial charge on any atom is 0.573 e. The van der Waals surface area contributed by atoms with Crippen molar-refractivity contribution in [1.82, 2.24) is 15.0 Å². The van der Waals surface area contributed by atoms with Gasteiger partial charge in [0.05, 0.1) is 23.9 Å². The van der Waals surface area contributed by atoms with Crippen molar-refractivity contribution in [3.8, 4) is 11.5 Å². The molecular weight excluding hydrogens is 497 g/mol. The number of halogens is 3. The van der Waals surface area contributed by atoms with E-state index in [1.165, 1.54) is 24.3 Å². The first kappa shape index (κ1) is 24.8. The number of aromatic nitrogens is 3. The maximum absolute atomic E-state index is 13.6. The standard InChI is InChI=1S/C28H21F3N4O3/c29-28(30,31)38-24-8-3-19(4-9-24)17-37-23-10-6-22(7-11-23)35(16-20-2-1-13-32-15-20)27(36)21-5-12-25-26(14-21)34-18-33-25/h1-15,18H,16-17H2,(H,33,34). The van der Waals surface area contributed by atoms with Gasteiger partial charge in [-0.15, -0.1) is 13.2 Å². The summed E-state index contributed by atoms with van der Waals surface area (Å²) >= 11 is 0. The number of hydrogen-bond donors (Lipinski definition) is 1. The van der Waals surface area contributed by atoms with Crippen LogP contribution in [0, 0.1) is 0 Å². The number of carbonyl (C=O) groups is 1. The number of benzene rings is 3. The van der Waals surface area contributed by atoms with Crippen molar-refractivity contribution in [2.45, 2.75) is 19.5 Å². The molecule has 38 heavy (non-hydrogen) atoms. The minimum absolute atomic E-state index is 0.146. The van der Waals surface area contributed by atoms with Crippen LogP contribution in [0.4, 0.5) is 18.9 Å². The highest BCUT2D eigenvalue weighted by molar-refractivity contribution is 6.07. The molecule has 0 atom stereocenters. The van der Waals surface area contributed by atoms with Crippen LogP contribution in [0.5, 0.6) is 11.5 Å². The third-order valence-corrected chi connectivity index (χ3v) is 5.69. The van der Waals surface area contributed by atoms with Crippen molar-refractivity contribution in [1.29, 1.82) is 0 Å². The molecular formula is C28H21F3N4O3. The predicted molar refractivity (Wildman–Crippen MR) is 135 cm³/mol. The Hall–Kier alpha value is -4.86. The first-order valence-corrected chi connectivity index (χ1v) is 11.6. The number of carbonyl (C=O) groups excluding carboxylic acids is 1. The monoisotopic (exact) mass is 518 g/mol. The molecule has 2 heterocycles. The summed E-state index contributed by atoms with van der Waals surface area (Å²) in [5.74, 6) is 0.0417. The quantitative estimate of drug-likeness (QED) is 0.261. The second-order valence-corrected chi connectivity index (χ2v) is 8.36. The summed E-state index contributed by atoms with van der Waals surface area (Å²) < 4.78 is 46.7. The third-order valence-electron chi connectivity index (χ3n) is 5.69. The molecule has 1 N–H and O–H groups in total. The lowest BCUT2D eigenvalue weighted by Crippen LogP contribution is -2.30. The van der Waals surface area contributed by atoms with Gasteiger partial charge in [-0.2, -0.15) is 0 Å². The fourth-order valence-electron chi connectivity index (χ4n) is 3.85. The summed E-state index contributed by atoms with van der Waals surface area (Å²) in [5.41, 5.74) is 4.21. The van der Waals surface area contributed by atoms with Gasteiger partial charge in [-0.3, -0.25) is 9.78 Å². The molecule has 0 unspecified atom stereocenters. The van der Waals surface area contributed by atoms with Crippen LogP contribution < -0.4 is 14.4 Å². The highest BCUT2D eigenvalue weighted by Crippen LogP contribution is 2.26. The first-order valence-electron chi connectivity index (χ1n) is 11.6. The SMILES string of the molecule is O=C(c1ccc2[nH]cnc2c1)N(Cc1cccnc1)c1ccc(OCc2ccc(OC(F)(F)F)cc2)cc1. The maximum atomic E-state index is 13.6. The third kappa shape index (κ3) is 6.09. The summed E-state index contributed by atoms with van der Waals surface area (Å²) in [6, 6.07) is 21.5. The van der Waals surface area contributed by atoms with Gasteiger partial charge in [0, 0.05) is 23.6 Å². The van der Waals surface area contributed by atoms with Crippen molar-refractivity contribution >= 4 is 22.6 Å². The van der Waals surface area contributed by atoms with Gasteiger partial charge in [-0.25, -0.2) is 4.98 Å². The van der Waals surface area contributed by atoms with Crippen LogP contribution in [-0.2, 0) is 13.2 Å². The number of pyridine rings is 1. The van der Waals surface area contributed by atoms with Crippen molar-refractivity contribution in [2.24, 2.45) is 0 Å². The number of H-pyrrole nitrogens is 1. The van der Waals surface area contributed by atoms with E-state index in [9.17, 15) is 18.0 Å². The number of nitrogens with zero attached hydrogens (tertiary/aromatic N) is 3. The first-order chi connectivity index (χ1) is 18.3. The summed E-state index contributed by atoms with van der Waals surface area (Å²) in [4.78, 5) is 26.6. The van der Waals surface area contributed by atoms with Gasteiger partial charge >= 0.3 is 6.36 Å². The van der Waals surface area contributed by atoms with Gasteiger partial charge in [-0.1, -0.05) is 18.2 Å². The molecule has 0 spiro atoms. The number of ether oxygens (including phenoxy) is 2. The minimum atomic E-state index is -4.74. The van der Waals surface area contributed by atoms with E-state index in [4.69, 9.17) is 4.74 Å². The van der Waals surface area contributed by atoms with E-state index < -0.39 is 6.36 Å². The number of nitrogens with one attached hydrogen (secondary N) is 1. The summed E-state index contributed by atoms with van der Waals surface area (Å²) in [6.07, 6.45) is 0.220. The summed E-state index contributed by atoms with van der Waals surface area (Å²) in [6.45, 7) is 0.450. The number of alkyl halides is 3. The molecule has 0 saturated heterocycles. The fraction of sp³-hybridized carbons (Fsp3) is 0.107. The van der Waals surface area contributed by atoms with Gasteiger partial charge in [-0.05, 0) is 71.8 Å². The Morgan fingerprint density at radius 3 is 2.39 bits per heavy atom. The summed E-state index contributed by atoms with van der Waals surface area (Å²) in [7, 11) is 0. The van der Waals surface area contributed by atoms with E-state index in [1.54, 1.807) is 60.0 Å². The molecule has 0 aliphatic rings. The molecule has 3 aromatic carbocycles. The number of fused-ring (bicyclic) bond motifs is 1. The van der Waals surface area contributed by atoms with E-state index in [0.717, 1.165) is 11.1 Å². The van der Waals surface area contributed by atoms with Crippen LogP contribution in [0.2, 0.25) is 0 Å². The van der Waals surface area contributed by atoms with Gasteiger partial charge in [0.25, 0.3) is 5.91 Å². The van der Waals surface area contributed by atoms with Crippen LogP contribution in [0.15, 0.2) is 97.6 Å². The lowest BCUT2D eigenvalue weighted by molar-refractivity contribution is -0.274. The number of imidazole rings is 1. The van der Waals surface area contributed by atoms with Gasteiger partial charge in [0.15, 0.2) is 0 Å². The van der Waals surface area contributed by atoms with E-state index in [-0.39, 0.29) is 18.3 Å². The molecule has 2 aromatic heterocycles. The van der Waals surface area contributed by atoms with Crippen LogP contribution in [0.3, 0.4) is 0 Å².